The molecule has 0 radical (unpaired) electrons. The maximum atomic E-state index is 12.6. The number of benzene rings is 2. The molecule has 1 aliphatic heterocycles. The minimum absolute atomic E-state index is 0.0634. The van der Waals surface area contributed by atoms with Crippen molar-refractivity contribution in [3.8, 4) is 0 Å². The summed E-state index contributed by atoms with van der Waals surface area (Å²) >= 11 is 5.89. The first kappa shape index (κ1) is 23.9. The molecule has 1 aliphatic rings. The number of hydrogen-bond donors (Lipinski definition) is 1. The molecule has 32 heavy (non-hydrogen) atoms. The Bertz CT molecular complexity index is 1080. The molecule has 12 heteroatoms. The molecule has 7 nitrogen and oxygen atoms in total. The molecule has 0 saturated carbocycles. The van der Waals surface area contributed by atoms with E-state index in [0.717, 1.165) is 17.8 Å². The SMILES string of the molecule is O=C(NCC(=O)N1CCN(c2ccc(Cl)cc2)CC1)c1ccc(S(=O)(=O)C(F)(F)F)cc1. The summed E-state index contributed by atoms with van der Waals surface area (Å²) in [6.45, 7) is 1.85. The van der Waals surface area contributed by atoms with E-state index in [1.54, 1.807) is 17.0 Å². The molecule has 1 N–H and O–H groups in total. The van der Waals surface area contributed by atoms with Gasteiger partial charge in [-0.25, -0.2) is 8.42 Å². The molecule has 2 amide bonds. The number of sulfone groups is 1. The Kier molecular flexibility index (Phi) is 6.99. The number of rotatable bonds is 5. The molecule has 2 aromatic rings. The Hall–Kier alpha value is -2.79. The van der Waals surface area contributed by atoms with Gasteiger partial charge in [0.25, 0.3) is 15.7 Å². The molecule has 0 unspecified atom stereocenters. The van der Waals surface area contributed by atoms with Gasteiger partial charge in [-0.1, -0.05) is 11.6 Å². The molecule has 0 spiro atoms. The number of nitrogens with one attached hydrogen (secondary N) is 1. The van der Waals surface area contributed by atoms with Crippen molar-refractivity contribution in [2.24, 2.45) is 0 Å². The van der Waals surface area contributed by atoms with Crippen molar-refractivity contribution in [2.45, 2.75) is 10.4 Å². The summed E-state index contributed by atoms with van der Waals surface area (Å²) in [5.41, 5.74) is -4.50. The zero-order valence-corrected chi connectivity index (χ0v) is 18.2. The van der Waals surface area contributed by atoms with E-state index in [4.69, 9.17) is 11.6 Å². The summed E-state index contributed by atoms with van der Waals surface area (Å²) in [7, 11) is -5.49. The molecule has 172 valence electrons. The Morgan fingerprint density at radius 3 is 2.03 bits per heavy atom. The van der Waals surface area contributed by atoms with Crippen LogP contribution in [0.25, 0.3) is 0 Å². The summed E-state index contributed by atoms with van der Waals surface area (Å²) in [5, 5.41) is 3.04. The van der Waals surface area contributed by atoms with E-state index >= 15 is 0 Å². The van der Waals surface area contributed by atoms with Crippen LogP contribution < -0.4 is 10.2 Å². The van der Waals surface area contributed by atoms with E-state index in [1.807, 2.05) is 12.1 Å². The highest BCUT2D eigenvalue weighted by molar-refractivity contribution is 7.92. The van der Waals surface area contributed by atoms with Crippen LogP contribution in [0.15, 0.2) is 53.4 Å². The lowest BCUT2D eigenvalue weighted by Gasteiger charge is -2.36. The number of nitrogens with zero attached hydrogens (tertiary/aromatic N) is 2. The lowest BCUT2D eigenvalue weighted by molar-refractivity contribution is -0.130. The standard InChI is InChI=1S/C20H19ClF3N3O4S/c21-15-3-5-16(6-4-15)26-9-11-27(12-10-26)18(28)13-25-19(29)14-1-7-17(8-2-14)32(30,31)20(22,23)24/h1-8H,9-13H2,(H,25,29). The number of piperazine rings is 1. The predicted molar refractivity (Wildman–Crippen MR) is 112 cm³/mol. The molecule has 1 fully saturated rings. The van der Waals surface area contributed by atoms with E-state index in [0.29, 0.717) is 43.3 Å². The van der Waals surface area contributed by atoms with Crippen molar-refractivity contribution in [3.63, 3.8) is 0 Å². The first-order valence-corrected chi connectivity index (χ1v) is 11.3. The van der Waals surface area contributed by atoms with Gasteiger partial charge in [0.05, 0.1) is 11.4 Å². The predicted octanol–water partition coefficient (Wildman–Crippen LogP) is 2.71. The summed E-state index contributed by atoms with van der Waals surface area (Å²) < 4.78 is 60.5. The minimum Gasteiger partial charge on any atom is -0.368 e. The van der Waals surface area contributed by atoms with Gasteiger partial charge in [-0.05, 0) is 48.5 Å². The third-order valence-electron chi connectivity index (χ3n) is 4.96. The smallest absolute Gasteiger partial charge is 0.368 e. The number of halogens is 4. The van der Waals surface area contributed by atoms with Crippen molar-refractivity contribution in [1.82, 2.24) is 10.2 Å². The number of alkyl halides is 3. The molecule has 2 aromatic carbocycles. The van der Waals surface area contributed by atoms with E-state index in [1.165, 1.54) is 0 Å². The van der Waals surface area contributed by atoms with Crippen LogP contribution in [0.4, 0.5) is 18.9 Å². The molecule has 0 atom stereocenters. The van der Waals surface area contributed by atoms with Gasteiger partial charge in [0.2, 0.25) is 5.91 Å². The van der Waals surface area contributed by atoms with Crippen LogP contribution in [0.5, 0.6) is 0 Å². The van der Waals surface area contributed by atoms with Crippen LogP contribution in [-0.2, 0) is 14.6 Å². The van der Waals surface area contributed by atoms with Gasteiger partial charge in [-0.2, -0.15) is 13.2 Å². The summed E-state index contributed by atoms with van der Waals surface area (Å²) in [5.74, 6) is -1.00. The largest absolute Gasteiger partial charge is 0.501 e. The quantitative estimate of drug-likeness (QED) is 0.698. The van der Waals surface area contributed by atoms with Crippen molar-refractivity contribution < 1.29 is 31.2 Å². The fourth-order valence-electron chi connectivity index (χ4n) is 3.15. The average Bonchev–Trinajstić information content (AvgIpc) is 2.77. The van der Waals surface area contributed by atoms with Crippen LogP contribution in [-0.4, -0.2) is 63.4 Å². The minimum atomic E-state index is -5.49. The average molecular weight is 490 g/mol. The second-order valence-corrected chi connectivity index (χ2v) is 9.38. The van der Waals surface area contributed by atoms with Gasteiger partial charge in [-0.3, -0.25) is 9.59 Å². The first-order chi connectivity index (χ1) is 15.0. The summed E-state index contributed by atoms with van der Waals surface area (Å²) in [6.07, 6.45) is 0. The normalized spacial score (nSPS) is 14.9. The molecule has 1 heterocycles. The zero-order valence-electron chi connectivity index (χ0n) is 16.6. The van der Waals surface area contributed by atoms with Crippen molar-refractivity contribution in [1.29, 1.82) is 0 Å². The first-order valence-electron chi connectivity index (χ1n) is 9.47. The van der Waals surface area contributed by atoms with Gasteiger partial charge < -0.3 is 15.1 Å². The molecule has 0 bridgehead atoms. The number of hydrogen-bond acceptors (Lipinski definition) is 5. The third kappa shape index (κ3) is 5.33. The van der Waals surface area contributed by atoms with E-state index in [2.05, 4.69) is 10.2 Å². The Labute approximate surface area is 187 Å². The zero-order chi connectivity index (χ0) is 23.5. The van der Waals surface area contributed by atoms with Gasteiger partial charge in [0.15, 0.2) is 0 Å². The number of carbonyl (C=O) groups is 2. The van der Waals surface area contributed by atoms with Crippen molar-refractivity contribution in [3.05, 3.63) is 59.1 Å². The Balaban J connectivity index is 1.51. The van der Waals surface area contributed by atoms with Crippen LogP contribution in [0.3, 0.4) is 0 Å². The molecule has 0 aromatic heterocycles. The lowest BCUT2D eigenvalue weighted by Crippen LogP contribution is -2.51. The van der Waals surface area contributed by atoms with Crippen LogP contribution in [0, 0.1) is 0 Å². The second kappa shape index (κ2) is 9.37. The molecular formula is C20H19ClF3N3O4S. The Morgan fingerprint density at radius 2 is 1.50 bits per heavy atom. The molecular weight excluding hydrogens is 471 g/mol. The summed E-state index contributed by atoms with van der Waals surface area (Å²) in [4.78, 5) is 27.3. The topological polar surface area (TPSA) is 86.8 Å². The van der Waals surface area contributed by atoms with Gasteiger partial charge in [-0.15, -0.1) is 0 Å². The van der Waals surface area contributed by atoms with Gasteiger partial charge in [0, 0.05) is 42.5 Å². The molecule has 0 aliphatic carbocycles. The van der Waals surface area contributed by atoms with Gasteiger partial charge in [0.1, 0.15) is 0 Å². The highest BCUT2D eigenvalue weighted by Crippen LogP contribution is 2.30. The Morgan fingerprint density at radius 1 is 0.938 bits per heavy atom. The van der Waals surface area contributed by atoms with E-state index < -0.39 is 26.1 Å². The van der Waals surface area contributed by atoms with Crippen molar-refractivity contribution in [2.75, 3.05) is 37.6 Å². The number of carbonyl (C=O) groups excluding carboxylic acids is 2. The fraction of sp³-hybridized carbons (Fsp3) is 0.300. The van der Waals surface area contributed by atoms with Gasteiger partial charge >= 0.3 is 5.51 Å². The lowest BCUT2D eigenvalue weighted by atomic mass is 10.2. The maximum Gasteiger partial charge on any atom is 0.501 e. The van der Waals surface area contributed by atoms with E-state index in [9.17, 15) is 31.2 Å². The monoisotopic (exact) mass is 489 g/mol. The second-order valence-electron chi connectivity index (χ2n) is 7.00. The summed E-state index contributed by atoms with van der Waals surface area (Å²) in [6, 6.07) is 10.7. The van der Waals surface area contributed by atoms with Crippen molar-refractivity contribution >= 4 is 38.9 Å². The van der Waals surface area contributed by atoms with E-state index in [-0.39, 0.29) is 18.0 Å². The number of anilines is 1. The molecule has 1 saturated heterocycles. The fourth-order valence-corrected chi connectivity index (χ4v) is 4.04. The highest BCUT2D eigenvalue weighted by Gasteiger charge is 2.46. The number of amides is 2. The maximum absolute atomic E-state index is 12.6. The van der Waals surface area contributed by atoms with Crippen LogP contribution in [0.1, 0.15) is 10.4 Å². The molecule has 3 rings (SSSR count). The van der Waals surface area contributed by atoms with Crippen LogP contribution >= 0.6 is 11.6 Å². The van der Waals surface area contributed by atoms with Crippen LogP contribution in [0.2, 0.25) is 5.02 Å². The highest BCUT2D eigenvalue weighted by atomic mass is 35.5. The third-order valence-corrected chi connectivity index (χ3v) is 6.71.